The molecule has 0 unspecified atom stereocenters. The van der Waals surface area contributed by atoms with Gasteiger partial charge < -0.3 is 10.8 Å². The fraction of sp³-hybridized carbons (Fsp3) is 0.500. The van der Waals surface area contributed by atoms with Crippen LogP contribution in [0.4, 0.5) is 0 Å². The molecule has 1 atom stereocenters. The molecule has 0 aromatic carbocycles. The summed E-state index contributed by atoms with van der Waals surface area (Å²) in [7, 11) is 0. The molecular formula is C10H15NO2S. The van der Waals surface area contributed by atoms with E-state index in [0.29, 0.717) is 6.42 Å². The maximum absolute atomic E-state index is 10.5. The van der Waals surface area contributed by atoms with E-state index >= 15 is 0 Å². The van der Waals surface area contributed by atoms with Crippen molar-refractivity contribution in [3.63, 3.8) is 0 Å². The highest BCUT2D eigenvalue weighted by Crippen LogP contribution is 2.19. The zero-order valence-electron chi connectivity index (χ0n) is 8.19. The van der Waals surface area contributed by atoms with Crippen LogP contribution in [0.3, 0.4) is 0 Å². The van der Waals surface area contributed by atoms with Gasteiger partial charge in [0.1, 0.15) is 6.04 Å². The largest absolute Gasteiger partial charge is 0.480 e. The molecule has 0 saturated heterocycles. The number of hydrogen-bond donors (Lipinski definition) is 2. The number of carboxylic acids is 1. The summed E-state index contributed by atoms with van der Waals surface area (Å²) < 4.78 is 0. The average Bonchev–Trinajstić information content (AvgIpc) is 2.53. The summed E-state index contributed by atoms with van der Waals surface area (Å²) in [5.41, 5.74) is 5.44. The lowest BCUT2D eigenvalue weighted by Crippen LogP contribution is -2.31. The van der Waals surface area contributed by atoms with Crippen molar-refractivity contribution in [3.8, 4) is 0 Å². The van der Waals surface area contributed by atoms with Crippen LogP contribution in [-0.4, -0.2) is 17.1 Å². The highest BCUT2D eigenvalue weighted by molar-refractivity contribution is 7.12. The Hall–Kier alpha value is -0.870. The van der Waals surface area contributed by atoms with Crippen molar-refractivity contribution in [2.45, 2.75) is 32.2 Å². The third-order valence-corrected chi connectivity index (χ3v) is 3.12. The highest BCUT2D eigenvalue weighted by Gasteiger charge is 2.13. The molecule has 0 fully saturated rings. The number of hydrogen-bond acceptors (Lipinski definition) is 3. The number of thiophene rings is 1. The van der Waals surface area contributed by atoms with E-state index in [0.717, 1.165) is 17.7 Å². The number of rotatable bonds is 5. The van der Waals surface area contributed by atoms with Gasteiger partial charge in [-0.3, -0.25) is 4.79 Å². The van der Waals surface area contributed by atoms with Crippen LogP contribution in [0.1, 0.15) is 23.1 Å². The molecule has 3 nitrogen and oxygen atoms in total. The van der Waals surface area contributed by atoms with E-state index in [1.807, 2.05) is 6.07 Å². The summed E-state index contributed by atoms with van der Waals surface area (Å²) in [4.78, 5) is 12.9. The molecule has 0 saturated carbocycles. The molecule has 0 radical (unpaired) electrons. The van der Waals surface area contributed by atoms with E-state index in [4.69, 9.17) is 10.8 Å². The van der Waals surface area contributed by atoms with Crippen molar-refractivity contribution in [1.82, 2.24) is 0 Å². The van der Waals surface area contributed by atoms with E-state index in [2.05, 4.69) is 13.0 Å². The minimum atomic E-state index is -0.935. The van der Waals surface area contributed by atoms with Crippen LogP contribution in [0, 0.1) is 0 Å². The molecule has 0 amide bonds. The van der Waals surface area contributed by atoms with Crippen LogP contribution in [0.5, 0.6) is 0 Å². The number of nitrogens with two attached hydrogens (primary N) is 1. The molecule has 1 aromatic heterocycles. The van der Waals surface area contributed by atoms with Crippen molar-refractivity contribution in [3.05, 3.63) is 21.9 Å². The molecule has 14 heavy (non-hydrogen) atoms. The van der Waals surface area contributed by atoms with E-state index in [1.165, 1.54) is 4.88 Å². The highest BCUT2D eigenvalue weighted by atomic mass is 32.1. The molecule has 0 bridgehead atoms. The molecule has 4 heteroatoms. The Kier molecular flexibility index (Phi) is 4.10. The molecular weight excluding hydrogens is 198 g/mol. The lowest BCUT2D eigenvalue weighted by molar-refractivity contribution is -0.138. The standard InChI is InChI=1S/C10H15NO2S/c1-2-3-7-4-5-8(14-7)6-9(11)10(12)13/h4-5,9H,2-3,6,11H2,1H3,(H,12,13)/t9-/m0/s1. The third kappa shape index (κ3) is 3.12. The van der Waals surface area contributed by atoms with Crippen molar-refractivity contribution in [1.29, 1.82) is 0 Å². The summed E-state index contributed by atoms with van der Waals surface area (Å²) in [6, 6.07) is 3.25. The fourth-order valence-electron chi connectivity index (χ4n) is 1.22. The number of aryl methyl sites for hydroxylation is 1. The summed E-state index contributed by atoms with van der Waals surface area (Å²) >= 11 is 1.66. The second-order valence-electron chi connectivity index (χ2n) is 3.27. The Bertz CT molecular complexity index is 309. The lowest BCUT2D eigenvalue weighted by atomic mass is 10.2. The first kappa shape index (κ1) is 11.2. The minimum Gasteiger partial charge on any atom is -0.480 e. The van der Waals surface area contributed by atoms with Gasteiger partial charge in [0.15, 0.2) is 0 Å². The predicted molar refractivity (Wildman–Crippen MR) is 57.6 cm³/mol. The maximum Gasteiger partial charge on any atom is 0.320 e. The molecule has 0 aliphatic carbocycles. The van der Waals surface area contributed by atoms with Crippen LogP contribution in [-0.2, 0) is 17.6 Å². The van der Waals surface area contributed by atoms with Crippen LogP contribution >= 0.6 is 11.3 Å². The van der Waals surface area contributed by atoms with E-state index in [-0.39, 0.29) is 0 Å². The monoisotopic (exact) mass is 213 g/mol. The van der Waals surface area contributed by atoms with E-state index in [1.54, 1.807) is 11.3 Å². The van der Waals surface area contributed by atoms with Gasteiger partial charge in [0.25, 0.3) is 0 Å². The Labute approximate surface area is 87.6 Å². The van der Waals surface area contributed by atoms with Crippen LogP contribution < -0.4 is 5.73 Å². The number of carbonyl (C=O) groups is 1. The first-order chi connectivity index (χ1) is 6.63. The zero-order chi connectivity index (χ0) is 10.6. The van der Waals surface area contributed by atoms with Crippen molar-refractivity contribution in [2.75, 3.05) is 0 Å². The van der Waals surface area contributed by atoms with Gasteiger partial charge in [-0.25, -0.2) is 0 Å². The summed E-state index contributed by atoms with van der Waals surface area (Å²) in [5, 5.41) is 8.63. The first-order valence-electron chi connectivity index (χ1n) is 4.69. The van der Waals surface area contributed by atoms with Crippen LogP contribution in [0.25, 0.3) is 0 Å². The van der Waals surface area contributed by atoms with Gasteiger partial charge in [0, 0.05) is 16.2 Å². The third-order valence-electron chi connectivity index (χ3n) is 1.95. The summed E-state index contributed by atoms with van der Waals surface area (Å²) in [6.45, 7) is 2.13. The van der Waals surface area contributed by atoms with Crippen LogP contribution in [0.15, 0.2) is 12.1 Å². The first-order valence-corrected chi connectivity index (χ1v) is 5.51. The van der Waals surface area contributed by atoms with Gasteiger partial charge in [-0.05, 0) is 18.6 Å². The predicted octanol–water partition coefficient (Wildman–Crippen LogP) is 1.66. The van der Waals surface area contributed by atoms with Crippen molar-refractivity contribution in [2.24, 2.45) is 5.73 Å². The molecule has 3 N–H and O–H groups in total. The average molecular weight is 213 g/mol. The Balaban J connectivity index is 2.55. The van der Waals surface area contributed by atoms with Gasteiger partial charge in [0.05, 0.1) is 0 Å². The molecule has 0 spiro atoms. The summed E-state index contributed by atoms with van der Waals surface area (Å²) in [5.74, 6) is -0.935. The second kappa shape index (κ2) is 5.12. The summed E-state index contributed by atoms with van der Waals surface area (Å²) in [6.07, 6.45) is 2.61. The van der Waals surface area contributed by atoms with Gasteiger partial charge in [0.2, 0.25) is 0 Å². The Morgan fingerprint density at radius 3 is 2.79 bits per heavy atom. The number of carboxylic acid groups (broad SMARTS) is 1. The molecule has 1 heterocycles. The van der Waals surface area contributed by atoms with Crippen molar-refractivity contribution < 1.29 is 9.90 Å². The topological polar surface area (TPSA) is 63.3 Å². The zero-order valence-corrected chi connectivity index (χ0v) is 9.01. The van der Waals surface area contributed by atoms with Gasteiger partial charge in [-0.2, -0.15) is 0 Å². The Morgan fingerprint density at radius 2 is 2.21 bits per heavy atom. The minimum absolute atomic E-state index is 0.434. The Morgan fingerprint density at radius 1 is 1.57 bits per heavy atom. The molecule has 1 rings (SSSR count). The van der Waals surface area contributed by atoms with Gasteiger partial charge >= 0.3 is 5.97 Å². The molecule has 78 valence electrons. The second-order valence-corrected chi connectivity index (χ2v) is 4.52. The molecule has 1 aromatic rings. The van der Waals surface area contributed by atoms with Gasteiger partial charge in [-0.1, -0.05) is 13.3 Å². The van der Waals surface area contributed by atoms with Crippen molar-refractivity contribution >= 4 is 17.3 Å². The molecule has 0 aliphatic rings. The molecule has 0 aliphatic heterocycles. The lowest BCUT2D eigenvalue weighted by Gasteiger charge is -2.02. The maximum atomic E-state index is 10.5. The fourth-order valence-corrected chi connectivity index (χ4v) is 2.39. The SMILES string of the molecule is CCCc1ccc(C[C@H](N)C(=O)O)s1. The quantitative estimate of drug-likeness (QED) is 0.781. The van der Waals surface area contributed by atoms with Gasteiger partial charge in [-0.15, -0.1) is 11.3 Å². The van der Waals surface area contributed by atoms with E-state index in [9.17, 15) is 4.79 Å². The normalized spacial score (nSPS) is 12.7. The number of aliphatic carboxylic acids is 1. The smallest absolute Gasteiger partial charge is 0.320 e. The van der Waals surface area contributed by atoms with E-state index < -0.39 is 12.0 Å². The van der Waals surface area contributed by atoms with Crippen LogP contribution in [0.2, 0.25) is 0 Å².